The molecule has 0 spiro atoms. The van der Waals surface area contributed by atoms with E-state index in [1.54, 1.807) is 54.6 Å². The maximum Gasteiger partial charge on any atom is 0.414 e. The third-order valence-electron chi connectivity index (χ3n) is 3.06. The van der Waals surface area contributed by atoms with Gasteiger partial charge in [-0.3, -0.25) is 5.32 Å². The number of nitrogens with one attached hydrogen (secondary N) is 1. The van der Waals surface area contributed by atoms with Gasteiger partial charge in [0.2, 0.25) is 6.17 Å². The fourth-order valence-electron chi connectivity index (χ4n) is 2.04. The summed E-state index contributed by atoms with van der Waals surface area (Å²) in [6.45, 7) is 0. The van der Waals surface area contributed by atoms with Gasteiger partial charge in [-0.1, -0.05) is 35.5 Å². The third-order valence-corrected chi connectivity index (χ3v) is 3.06. The number of hydrogen-bond acceptors (Lipinski definition) is 5. The summed E-state index contributed by atoms with van der Waals surface area (Å²) in [5.41, 5.74) is 1.01. The molecule has 0 saturated heterocycles. The molecule has 0 saturated carbocycles. The van der Waals surface area contributed by atoms with E-state index in [0.29, 0.717) is 16.8 Å². The fraction of sp³-hybridized carbons (Fsp3) is 0.0667. The van der Waals surface area contributed by atoms with E-state index in [1.807, 2.05) is 0 Å². The highest BCUT2D eigenvalue weighted by atomic mass is 16.6. The predicted octanol–water partition coefficient (Wildman–Crippen LogP) is 1.80. The number of carboxylic acid groups (broad SMARTS) is 1. The number of aromatic nitrogens is 3. The topological polar surface area (TPSA) is 106 Å². The molecule has 8 nitrogen and oxygen atoms in total. The Kier molecular flexibility index (Phi) is 3.88. The van der Waals surface area contributed by atoms with Crippen LogP contribution in [0.4, 0.5) is 4.79 Å². The van der Waals surface area contributed by atoms with E-state index in [4.69, 9.17) is 4.74 Å². The Morgan fingerprint density at radius 2 is 1.78 bits per heavy atom. The van der Waals surface area contributed by atoms with Crippen LogP contribution in [-0.2, 0) is 4.79 Å². The van der Waals surface area contributed by atoms with Gasteiger partial charge in [-0.25, -0.2) is 14.3 Å². The van der Waals surface area contributed by atoms with E-state index in [2.05, 4.69) is 15.6 Å². The number of para-hydroxylation sites is 2. The van der Waals surface area contributed by atoms with E-state index in [-0.39, 0.29) is 0 Å². The first-order valence-corrected chi connectivity index (χ1v) is 6.71. The van der Waals surface area contributed by atoms with Crippen LogP contribution in [0.2, 0.25) is 0 Å². The van der Waals surface area contributed by atoms with Gasteiger partial charge < -0.3 is 9.84 Å². The quantitative estimate of drug-likeness (QED) is 0.761. The van der Waals surface area contributed by atoms with Gasteiger partial charge in [0.1, 0.15) is 11.3 Å². The average Bonchev–Trinajstić information content (AvgIpc) is 2.97. The molecule has 1 aromatic heterocycles. The maximum atomic E-state index is 11.9. The molecule has 1 amide bonds. The van der Waals surface area contributed by atoms with Gasteiger partial charge in [-0.2, -0.15) is 0 Å². The Morgan fingerprint density at radius 3 is 2.52 bits per heavy atom. The molecule has 0 aliphatic carbocycles. The van der Waals surface area contributed by atoms with Crippen molar-refractivity contribution in [2.45, 2.75) is 6.17 Å². The summed E-state index contributed by atoms with van der Waals surface area (Å²) in [5.74, 6) is -0.983. The second kappa shape index (κ2) is 6.14. The maximum absolute atomic E-state index is 11.9. The molecule has 0 fully saturated rings. The number of amides is 1. The first-order valence-electron chi connectivity index (χ1n) is 6.71. The molecule has 8 heteroatoms. The number of benzene rings is 2. The van der Waals surface area contributed by atoms with Crippen LogP contribution in [0.15, 0.2) is 54.6 Å². The zero-order chi connectivity index (χ0) is 16.2. The first kappa shape index (κ1) is 14.5. The summed E-state index contributed by atoms with van der Waals surface area (Å²) >= 11 is 0. The van der Waals surface area contributed by atoms with Gasteiger partial charge in [0.15, 0.2) is 0 Å². The van der Waals surface area contributed by atoms with Gasteiger partial charge in [-0.15, -0.1) is 5.10 Å². The van der Waals surface area contributed by atoms with E-state index >= 15 is 0 Å². The van der Waals surface area contributed by atoms with Gasteiger partial charge in [0.25, 0.3) is 0 Å². The Labute approximate surface area is 130 Å². The third kappa shape index (κ3) is 3.10. The lowest BCUT2D eigenvalue weighted by atomic mass is 10.3. The van der Waals surface area contributed by atoms with Crippen LogP contribution < -0.4 is 10.1 Å². The van der Waals surface area contributed by atoms with Crippen molar-refractivity contribution in [2.75, 3.05) is 0 Å². The van der Waals surface area contributed by atoms with Crippen molar-refractivity contribution < 1.29 is 19.4 Å². The molecule has 116 valence electrons. The minimum absolute atomic E-state index is 0.303. The van der Waals surface area contributed by atoms with Gasteiger partial charge >= 0.3 is 12.1 Å². The second-order valence-electron chi connectivity index (χ2n) is 4.61. The lowest BCUT2D eigenvalue weighted by Gasteiger charge is -2.15. The minimum Gasteiger partial charge on any atom is -0.478 e. The summed E-state index contributed by atoms with van der Waals surface area (Å²) in [5, 5.41) is 19.3. The van der Waals surface area contributed by atoms with Crippen molar-refractivity contribution in [1.29, 1.82) is 0 Å². The number of hydrogen-bond donors (Lipinski definition) is 2. The molecule has 3 rings (SSSR count). The standard InChI is InChI=1S/C15H12N4O4/c20-14(21)13(16-15(22)23-10-6-2-1-3-7-10)19-12-9-5-4-8-11(12)17-18-19/h1-9,13H,(H,16,22)(H,20,21). The van der Waals surface area contributed by atoms with Crippen LogP contribution in [0.1, 0.15) is 6.17 Å². The van der Waals surface area contributed by atoms with Crippen molar-refractivity contribution in [2.24, 2.45) is 0 Å². The number of carbonyl (C=O) groups is 2. The number of carboxylic acids is 1. The molecule has 1 heterocycles. The van der Waals surface area contributed by atoms with Gasteiger partial charge in [0, 0.05) is 0 Å². The number of aliphatic carboxylic acids is 1. The van der Waals surface area contributed by atoms with Crippen LogP contribution >= 0.6 is 0 Å². The van der Waals surface area contributed by atoms with Crippen LogP contribution in [0.3, 0.4) is 0 Å². The Morgan fingerprint density at radius 1 is 1.09 bits per heavy atom. The van der Waals surface area contributed by atoms with Crippen LogP contribution in [0.5, 0.6) is 5.75 Å². The molecule has 2 aromatic carbocycles. The Bertz CT molecular complexity index is 847. The summed E-state index contributed by atoms with van der Waals surface area (Å²) in [7, 11) is 0. The zero-order valence-electron chi connectivity index (χ0n) is 11.8. The summed E-state index contributed by atoms with van der Waals surface area (Å²) in [6, 6.07) is 15.2. The minimum atomic E-state index is -1.43. The van der Waals surface area contributed by atoms with E-state index < -0.39 is 18.2 Å². The SMILES string of the molecule is O=C(NC(C(=O)O)n1nnc2ccccc21)Oc1ccccc1. The number of rotatable bonds is 4. The van der Waals surface area contributed by atoms with Gasteiger partial charge in [-0.05, 0) is 24.3 Å². The number of fused-ring (bicyclic) bond motifs is 1. The summed E-state index contributed by atoms with van der Waals surface area (Å²) in [6.07, 6.45) is -2.33. The Hall–Kier alpha value is -3.42. The smallest absolute Gasteiger partial charge is 0.414 e. The molecule has 0 radical (unpaired) electrons. The zero-order valence-corrected chi connectivity index (χ0v) is 11.8. The number of nitrogens with zero attached hydrogens (tertiary/aromatic N) is 3. The largest absolute Gasteiger partial charge is 0.478 e. The molecule has 3 aromatic rings. The lowest BCUT2D eigenvalue weighted by Crippen LogP contribution is -2.39. The van der Waals surface area contributed by atoms with Crippen molar-refractivity contribution in [1.82, 2.24) is 20.3 Å². The molecule has 0 aliphatic rings. The average molecular weight is 312 g/mol. The van der Waals surface area contributed by atoms with E-state index in [1.165, 1.54) is 0 Å². The fourth-order valence-corrected chi connectivity index (χ4v) is 2.04. The summed E-state index contributed by atoms with van der Waals surface area (Å²) < 4.78 is 6.15. The van der Waals surface area contributed by atoms with Crippen LogP contribution in [0, 0.1) is 0 Å². The summed E-state index contributed by atoms with van der Waals surface area (Å²) in [4.78, 5) is 23.4. The Balaban J connectivity index is 1.82. The molecule has 0 bridgehead atoms. The molecule has 1 unspecified atom stereocenters. The molecular formula is C15H12N4O4. The first-order chi connectivity index (χ1) is 11.1. The highest BCUT2D eigenvalue weighted by molar-refractivity contribution is 5.82. The predicted molar refractivity (Wildman–Crippen MR) is 79.8 cm³/mol. The van der Waals surface area contributed by atoms with Crippen molar-refractivity contribution in [3.8, 4) is 5.75 Å². The van der Waals surface area contributed by atoms with Crippen molar-refractivity contribution in [3.05, 3.63) is 54.6 Å². The molecule has 0 aliphatic heterocycles. The van der Waals surface area contributed by atoms with Crippen molar-refractivity contribution in [3.63, 3.8) is 0 Å². The molecular weight excluding hydrogens is 300 g/mol. The monoisotopic (exact) mass is 312 g/mol. The lowest BCUT2D eigenvalue weighted by molar-refractivity contribution is -0.142. The normalized spacial score (nSPS) is 11.8. The van der Waals surface area contributed by atoms with Gasteiger partial charge in [0.05, 0.1) is 5.52 Å². The molecule has 1 atom stereocenters. The molecule has 2 N–H and O–H groups in total. The number of carbonyl (C=O) groups excluding carboxylic acids is 1. The van der Waals surface area contributed by atoms with Crippen molar-refractivity contribution >= 4 is 23.1 Å². The van der Waals surface area contributed by atoms with E-state index in [9.17, 15) is 14.7 Å². The van der Waals surface area contributed by atoms with E-state index in [0.717, 1.165) is 4.68 Å². The van der Waals surface area contributed by atoms with Crippen LogP contribution in [0.25, 0.3) is 11.0 Å². The highest BCUT2D eigenvalue weighted by Gasteiger charge is 2.25. The molecule has 23 heavy (non-hydrogen) atoms. The second-order valence-corrected chi connectivity index (χ2v) is 4.61. The number of ether oxygens (including phenoxy) is 1. The van der Waals surface area contributed by atoms with Crippen LogP contribution in [-0.4, -0.2) is 32.2 Å². The highest BCUT2D eigenvalue weighted by Crippen LogP contribution is 2.15.